The van der Waals surface area contributed by atoms with Crippen molar-refractivity contribution in [3.63, 3.8) is 0 Å². The average molecular weight is 653 g/mol. The highest BCUT2D eigenvalue weighted by Gasteiger charge is 2.22. The summed E-state index contributed by atoms with van der Waals surface area (Å²) in [4.78, 5) is 0. The molecule has 0 aliphatic rings. The number of rotatable bonds is 18. The maximum Gasteiger partial charge on any atom is 0.180 e. The fourth-order valence-electron chi connectivity index (χ4n) is 4.81. The van der Waals surface area contributed by atoms with E-state index in [0.717, 1.165) is 77.9 Å². The Hall–Kier alpha value is -0.140. The van der Waals surface area contributed by atoms with Crippen LogP contribution in [0.1, 0.15) is 73.6 Å². The molecule has 0 bridgehead atoms. The Kier molecular flexibility index (Phi) is 14.3. The summed E-state index contributed by atoms with van der Waals surface area (Å²) in [7, 11) is -1.75. The predicted octanol–water partition coefficient (Wildman–Crippen LogP) is 7.17. The minimum atomic E-state index is -0.873. The topological polar surface area (TPSA) is 53.9 Å². The molecule has 0 saturated carbocycles. The van der Waals surface area contributed by atoms with Gasteiger partial charge in [-0.15, -0.1) is 25.3 Å². The van der Waals surface area contributed by atoms with Crippen LogP contribution >= 0.6 is 49.7 Å². The van der Waals surface area contributed by atoms with E-state index in [1.54, 1.807) is 0 Å². The molecule has 12 heteroatoms. The second-order valence-electron chi connectivity index (χ2n) is 11.9. The summed E-state index contributed by atoms with van der Waals surface area (Å²) in [6, 6.07) is 0. The van der Waals surface area contributed by atoms with Gasteiger partial charge in [0.1, 0.15) is 0 Å². The van der Waals surface area contributed by atoms with Crippen LogP contribution in [0.3, 0.4) is 0 Å². The fourth-order valence-corrected chi connectivity index (χ4v) is 8.70. The molecular weight excluding hydrogens is 605 g/mol. The van der Waals surface area contributed by atoms with Crippen molar-refractivity contribution in [2.24, 2.45) is 10.8 Å². The third-order valence-corrected chi connectivity index (χ3v) is 11.7. The molecule has 0 aliphatic carbocycles. The van der Waals surface area contributed by atoms with Gasteiger partial charge in [-0.3, -0.25) is 8.42 Å². The number of aromatic nitrogens is 4. The van der Waals surface area contributed by atoms with Crippen molar-refractivity contribution < 1.29 is 8.42 Å². The molecule has 0 radical (unpaired) electrons. The zero-order valence-corrected chi connectivity index (χ0v) is 29.5. The summed E-state index contributed by atoms with van der Waals surface area (Å²) in [5.74, 6) is 2.63. The Balaban J connectivity index is 1.66. The monoisotopic (exact) mass is 652 g/mol. The number of thiol groups is 2. The zero-order valence-electron chi connectivity index (χ0n) is 24.5. The van der Waals surface area contributed by atoms with E-state index in [2.05, 4.69) is 75.9 Å². The van der Waals surface area contributed by atoms with Gasteiger partial charge in [0, 0.05) is 83.2 Å². The standard InChI is InChI=1S/C27H48N4O2S6/c1-7-28-18-22(34)30(24(28)36)20-26(3,4)12-9-14-38(32)16-11-17-39(33)15-10-13-27(5,6)21-31-23(35)19-29(8-2)25(31)37/h18-19,34-35H,7-17,20-21H2,1-6H3. The molecule has 0 N–H and O–H groups in total. The molecule has 0 saturated heterocycles. The van der Waals surface area contributed by atoms with E-state index in [1.165, 1.54) is 0 Å². The summed E-state index contributed by atoms with van der Waals surface area (Å²) in [5, 5.41) is 1.77. The molecule has 2 atom stereocenters. The summed E-state index contributed by atoms with van der Waals surface area (Å²) in [6.45, 7) is 16.3. The first-order valence-electron chi connectivity index (χ1n) is 13.9. The average Bonchev–Trinajstić information content (AvgIpc) is 3.27. The van der Waals surface area contributed by atoms with Crippen molar-refractivity contribution in [1.82, 2.24) is 18.3 Å². The fraction of sp³-hybridized carbons (Fsp3) is 0.778. The molecule has 0 aliphatic heterocycles. The number of hydrogen-bond acceptors (Lipinski definition) is 6. The highest BCUT2D eigenvalue weighted by molar-refractivity contribution is 7.85. The highest BCUT2D eigenvalue weighted by Crippen LogP contribution is 2.28. The zero-order chi connectivity index (χ0) is 29.4. The van der Waals surface area contributed by atoms with Gasteiger partial charge in [0.2, 0.25) is 0 Å². The number of aryl methyl sites for hydroxylation is 2. The number of hydrogen-bond donors (Lipinski definition) is 2. The van der Waals surface area contributed by atoms with Crippen molar-refractivity contribution in [2.75, 3.05) is 23.0 Å². The van der Waals surface area contributed by atoms with E-state index in [4.69, 9.17) is 24.4 Å². The van der Waals surface area contributed by atoms with Crippen molar-refractivity contribution in [3.8, 4) is 0 Å². The first-order valence-corrected chi connectivity index (χ1v) is 18.6. The Labute approximate surface area is 262 Å². The predicted molar refractivity (Wildman–Crippen MR) is 179 cm³/mol. The third-order valence-electron chi connectivity index (χ3n) is 7.10. The van der Waals surface area contributed by atoms with Crippen LogP contribution in [0.2, 0.25) is 0 Å². The van der Waals surface area contributed by atoms with Crippen molar-refractivity contribution >= 4 is 71.3 Å². The van der Waals surface area contributed by atoms with Crippen LogP contribution in [0.5, 0.6) is 0 Å². The molecule has 2 rings (SSSR count). The quantitative estimate of drug-likeness (QED) is 0.133. The van der Waals surface area contributed by atoms with E-state index in [-0.39, 0.29) is 10.8 Å². The molecule has 2 heterocycles. The Morgan fingerprint density at radius 3 is 1.33 bits per heavy atom. The highest BCUT2D eigenvalue weighted by atomic mass is 32.2. The first kappa shape index (κ1) is 35.1. The van der Waals surface area contributed by atoms with Gasteiger partial charge < -0.3 is 18.3 Å². The van der Waals surface area contributed by atoms with Gasteiger partial charge in [-0.25, -0.2) is 0 Å². The number of nitrogens with zero attached hydrogens (tertiary/aromatic N) is 4. The molecule has 2 unspecified atom stereocenters. The van der Waals surface area contributed by atoms with Crippen LogP contribution in [0, 0.1) is 20.4 Å². The van der Waals surface area contributed by atoms with Gasteiger partial charge >= 0.3 is 0 Å². The normalized spacial score (nSPS) is 14.2. The van der Waals surface area contributed by atoms with Gasteiger partial charge in [-0.1, -0.05) is 27.7 Å². The van der Waals surface area contributed by atoms with Crippen LogP contribution in [0.4, 0.5) is 0 Å². The summed E-state index contributed by atoms with van der Waals surface area (Å²) >= 11 is 20.4. The van der Waals surface area contributed by atoms with Gasteiger partial charge in [-0.2, -0.15) is 0 Å². The third kappa shape index (κ3) is 11.2. The lowest BCUT2D eigenvalue weighted by atomic mass is 9.88. The van der Waals surface area contributed by atoms with Crippen molar-refractivity contribution in [3.05, 3.63) is 21.9 Å². The van der Waals surface area contributed by atoms with Crippen molar-refractivity contribution in [2.45, 2.75) is 110 Å². The lowest BCUT2D eigenvalue weighted by Crippen LogP contribution is -2.21. The Morgan fingerprint density at radius 2 is 1.03 bits per heavy atom. The van der Waals surface area contributed by atoms with E-state index >= 15 is 0 Å². The number of imidazole rings is 2. The summed E-state index contributed by atoms with van der Waals surface area (Å²) in [5.41, 5.74) is 0.0732. The molecule has 6 nitrogen and oxygen atoms in total. The molecule has 224 valence electrons. The van der Waals surface area contributed by atoms with Crippen molar-refractivity contribution in [1.29, 1.82) is 0 Å². The van der Waals surface area contributed by atoms with Crippen LogP contribution in [-0.2, 0) is 47.8 Å². The van der Waals surface area contributed by atoms with Crippen LogP contribution in [0.25, 0.3) is 0 Å². The van der Waals surface area contributed by atoms with Gasteiger partial charge in [0.25, 0.3) is 0 Å². The molecule has 0 aromatic carbocycles. The molecular formula is C27H48N4O2S6. The minimum absolute atomic E-state index is 0.0366. The van der Waals surface area contributed by atoms with Gasteiger partial charge in [0.05, 0.1) is 10.1 Å². The van der Waals surface area contributed by atoms with E-state index in [1.807, 2.05) is 21.5 Å². The van der Waals surface area contributed by atoms with Gasteiger partial charge in [-0.05, 0) is 81.2 Å². The Bertz CT molecular complexity index is 1140. The summed E-state index contributed by atoms with van der Waals surface area (Å²) < 4.78 is 35.0. The van der Waals surface area contributed by atoms with E-state index in [9.17, 15) is 8.42 Å². The van der Waals surface area contributed by atoms with Gasteiger partial charge in [0.15, 0.2) is 9.54 Å². The first-order chi connectivity index (χ1) is 18.2. The largest absolute Gasteiger partial charge is 0.323 e. The molecule has 2 aromatic rings. The Morgan fingerprint density at radius 1 is 0.692 bits per heavy atom. The minimum Gasteiger partial charge on any atom is -0.323 e. The molecule has 39 heavy (non-hydrogen) atoms. The van der Waals surface area contributed by atoms with Crippen LogP contribution < -0.4 is 0 Å². The smallest absolute Gasteiger partial charge is 0.180 e. The second kappa shape index (κ2) is 15.9. The SMILES string of the molecule is CCn1cc(S)n(CC(C)(C)CCCS(=O)CCCS(=O)CCCC(C)(C)Cn2c(S)cn(CC)c2=S)c1=S. The second-order valence-corrected chi connectivity index (χ2v) is 16.9. The molecule has 2 aromatic heterocycles. The summed E-state index contributed by atoms with van der Waals surface area (Å²) in [6.07, 6.45) is 8.47. The van der Waals surface area contributed by atoms with E-state index in [0.29, 0.717) is 23.0 Å². The molecule has 0 fully saturated rings. The van der Waals surface area contributed by atoms with Crippen LogP contribution in [-0.4, -0.2) is 49.7 Å². The molecule has 0 spiro atoms. The lowest BCUT2D eigenvalue weighted by molar-refractivity contribution is 0.269. The van der Waals surface area contributed by atoms with Crippen LogP contribution in [0.15, 0.2) is 22.4 Å². The van der Waals surface area contributed by atoms with E-state index < -0.39 is 21.6 Å². The lowest BCUT2D eigenvalue weighted by Gasteiger charge is -2.25. The molecule has 0 amide bonds. The maximum atomic E-state index is 12.6. The maximum absolute atomic E-state index is 12.6.